The highest BCUT2D eigenvalue weighted by atomic mass is 35.5. The van der Waals surface area contributed by atoms with E-state index in [1.165, 1.54) is 0 Å². The van der Waals surface area contributed by atoms with Gasteiger partial charge in [-0.05, 0) is 17.7 Å². The summed E-state index contributed by atoms with van der Waals surface area (Å²) in [7, 11) is 0. The van der Waals surface area contributed by atoms with Crippen molar-refractivity contribution in [3.05, 3.63) is 34.9 Å². The molecular formula is C10H10ClN3O2. The van der Waals surface area contributed by atoms with Gasteiger partial charge in [-0.3, -0.25) is 5.32 Å². The van der Waals surface area contributed by atoms with Crippen molar-refractivity contribution < 1.29 is 9.53 Å². The SMILES string of the molecule is N/N=C1/CC(c2ccc(Cl)cc2)OC(=O)N1. The van der Waals surface area contributed by atoms with Crippen LogP contribution >= 0.6 is 11.6 Å². The minimum Gasteiger partial charge on any atom is -0.441 e. The number of benzene rings is 1. The highest BCUT2D eigenvalue weighted by molar-refractivity contribution is 6.30. The van der Waals surface area contributed by atoms with Gasteiger partial charge < -0.3 is 10.6 Å². The van der Waals surface area contributed by atoms with Crippen LogP contribution in [0.3, 0.4) is 0 Å². The summed E-state index contributed by atoms with van der Waals surface area (Å²) >= 11 is 5.77. The second-order valence-electron chi connectivity index (χ2n) is 3.35. The first-order valence-electron chi connectivity index (χ1n) is 4.69. The maximum absolute atomic E-state index is 11.2. The van der Waals surface area contributed by atoms with E-state index < -0.39 is 6.09 Å². The van der Waals surface area contributed by atoms with Gasteiger partial charge in [-0.15, -0.1) is 0 Å². The van der Waals surface area contributed by atoms with Crippen LogP contribution in [0.1, 0.15) is 18.1 Å². The van der Waals surface area contributed by atoms with E-state index in [-0.39, 0.29) is 6.10 Å². The number of carbonyl (C=O) groups is 1. The Labute approximate surface area is 97.2 Å². The number of hydrazone groups is 1. The number of nitrogens with one attached hydrogen (secondary N) is 1. The van der Waals surface area contributed by atoms with Crippen molar-refractivity contribution in [3.63, 3.8) is 0 Å². The van der Waals surface area contributed by atoms with Crippen LogP contribution in [0.15, 0.2) is 29.4 Å². The Morgan fingerprint density at radius 1 is 1.44 bits per heavy atom. The molecule has 0 aliphatic carbocycles. The predicted octanol–water partition coefficient (Wildman–Crippen LogP) is 1.78. The van der Waals surface area contributed by atoms with E-state index >= 15 is 0 Å². The topological polar surface area (TPSA) is 76.7 Å². The molecule has 2 rings (SSSR count). The summed E-state index contributed by atoms with van der Waals surface area (Å²) in [6.07, 6.45) is -0.479. The zero-order valence-corrected chi connectivity index (χ0v) is 9.07. The quantitative estimate of drug-likeness (QED) is 0.579. The number of nitrogens with zero attached hydrogens (tertiary/aromatic N) is 1. The number of hydrogen-bond acceptors (Lipinski definition) is 4. The lowest BCUT2D eigenvalue weighted by molar-refractivity contribution is 0.0959. The molecule has 84 valence electrons. The number of hydrogen-bond donors (Lipinski definition) is 2. The molecule has 1 aromatic rings. The molecule has 1 heterocycles. The Kier molecular flexibility index (Phi) is 2.96. The van der Waals surface area contributed by atoms with Crippen LogP contribution in [0, 0.1) is 0 Å². The van der Waals surface area contributed by atoms with Crippen molar-refractivity contribution in [3.8, 4) is 0 Å². The number of cyclic esters (lactones) is 1. The minimum absolute atomic E-state index is 0.367. The number of halogens is 1. The zero-order valence-electron chi connectivity index (χ0n) is 8.31. The Hall–Kier alpha value is -1.75. The molecule has 1 aliphatic heterocycles. The van der Waals surface area contributed by atoms with Crippen molar-refractivity contribution in [2.75, 3.05) is 0 Å². The van der Waals surface area contributed by atoms with E-state index in [1.807, 2.05) is 0 Å². The van der Waals surface area contributed by atoms with E-state index in [2.05, 4.69) is 10.4 Å². The summed E-state index contributed by atoms with van der Waals surface area (Å²) in [5, 5.41) is 6.52. The third-order valence-electron chi connectivity index (χ3n) is 2.27. The molecule has 0 saturated carbocycles. The molecule has 0 bridgehead atoms. The third-order valence-corrected chi connectivity index (χ3v) is 2.52. The molecule has 1 fully saturated rings. The standard InChI is InChI=1S/C10H10ClN3O2/c11-7-3-1-6(2-4-7)8-5-9(14-12)13-10(15)16-8/h1-4,8H,5,12H2,(H,13,14,15). The summed E-state index contributed by atoms with van der Waals surface area (Å²) in [4.78, 5) is 11.2. The highest BCUT2D eigenvalue weighted by Gasteiger charge is 2.25. The van der Waals surface area contributed by atoms with Crippen LogP contribution in [0.25, 0.3) is 0 Å². The Morgan fingerprint density at radius 3 is 2.75 bits per heavy atom. The average Bonchev–Trinajstić information content (AvgIpc) is 2.29. The fraction of sp³-hybridized carbons (Fsp3) is 0.200. The first-order valence-corrected chi connectivity index (χ1v) is 5.06. The molecule has 0 aromatic heterocycles. The Morgan fingerprint density at radius 2 is 2.12 bits per heavy atom. The van der Waals surface area contributed by atoms with Crippen LogP contribution in [0.2, 0.25) is 5.02 Å². The lowest BCUT2D eigenvalue weighted by Gasteiger charge is -2.24. The van der Waals surface area contributed by atoms with Gasteiger partial charge in [-0.25, -0.2) is 4.79 Å². The van der Waals surface area contributed by atoms with E-state index in [0.717, 1.165) is 5.56 Å². The number of rotatable bonds is 1. The second kappa shape index (κ2) is 4.40. The molecule has 6 heteroatoms. The van der Waals surface area contributed by atoms with Crippen LogP contribution in [-0.4, -0.2) is 11.9 Å². The third kappa shape index (κ3) is 2.25. The van der Waals surface area contributed by atoms with E-state index in [0.29, 0.717) is 17.3 Å². The van der Waals surface area contributed by atoms with Gasteiger partial charge in [0.25, 0.3) is 0 Å². The van der Waals surface area contributed by atoms with E-state index in [1.54, 1.807) is 24.3 Å². The van der Waals surface area contributed by atoms with Crippen molar-refractivity contribution in [2.45, 2.75) is 12.5 Å². The normalized spacial score (nSPS) is 22.7. The van der Waals surface area contributed by atoms with Crippen molar-refractivity contribution in [2.24, 2.45) is 10.9 Å². The summed E-state index contributed by atoms with van der Waals surface area (Å²) in [6.45, 7) is 0. The smallest absolute Gasteiger partial charge is 0.413 e. The van der Waals surface area contributed by atoms with Gasteiger partial charge in [0.15, 0.2) is 0 Å². The summed E-state index contributed by atoms with van der Waals surface area (Å²) in [5.74, 6) is 5.54. The number of amides is 1. The largest absolute Gasteiger partial charge is 0.441 e. The van der Waals surface area contributed by atoms with Crippen LogP contribution in [0.5, 0.6) is 0 Å². The van der Waals surface area contributed by atoms with Crippen molar-refractivity contribution >= 4 is 23.5 Å². The number of ether oxygens (including phenoxy) is 1. The lowest BCUT2D eigenvalue weighted by Crippen LogP contribution is -2.39. The van der Waals surface area contributed by atoms with Gasteiger partial charge in [0, 0.05) is 11.4 Å². The van der Waals surface area contributed by atoms with Crippen LogP contribution in [-0.2, 0) is 4.74 Å². The molecule has 0 radical (unpaired) electrons. The fourth-order valence-electron chi connectivity index (χ4n) is 1.49. The number of amidine groups is 1. The lowest BCUT2D eigenvalue weighted by atomic mass is 10.1. The first kappa shape index (κ1) is 10.8. The van der Waals surface area contributed by atoms with Gasteiger partial charge >= 0.3 is 6.09 Å². The number of nitrogens with two attached hydrogens (primary N) is 1. The number of carbonyl (C=O) groups excluding carboxylic acids is 1. The zero-order chi connectivity index (χ0) is 11.5. The summed E-state index contributed by atoms with van der Waals surface area (Å²) in [5.41, 5.74) is 0.861. The van der Waals surface area contributed by atoms with E-state index in [9.17, 15) is 4.79 Å². The molecule has 0 spiro atoms. The van der Waals surface area contributed by atoms with Crippen LogP contribution < -0.4 is 11.2 Å². The maximum Gasteiger partial charge on any atom is 0.413 e. The molecule has 16 heavy (non-hydrogen) atoms. The molecule has 1 amide bonds. The Bertz CT molecular complexity index is 430. The van der Waals surface area contributed by atoms with Gasteiger partial charge in [0.1, 0.15) is 11.9 Å². The molecule has 1 atom stereocenters. The first-order chi connectivity index (χ1) is 7.69. The number of alkyl carbamates (subject to hydrolysis) is 1. The molecule has 1 unspecified atom stereocenters. The molecule has 1 saturated heterocycles. The molecule has 3 N–H and O–H groups in total. The molecule has 1 aliphatic rings. The second-order valence-corrected chi connectivity index (χ2v) is 3.79. The monoisotopic (exact) mass is 239 g/mol. The van der Waals surface area contributed by atoms with Crippen molar-refractivity contribution in [1.82, 2.24) is 5.32 Å². The van der Waals surface area contributed by atoms with Crippen molar-refractivity contribution in [1.29, 1.82) is 0 Å². The van der Waals surface area contributed by atoms with Crippen LogP contribution in [0.4, 0.5) is 4.79 Å². The van der Waals surface area contributed by atoms with Gasteiger partial charge in [0.2, 0.25) is 0 Å². The van der Waals surface area contributed by atoms with Gasteiger partial charge in [-0.2, -0.15) is 5.10 Å². The van der Waals surface area contributed by atoms with E-state index in [4.69, 9.17) is 22.2 Å². The van der Waals surface area contributed by atoms with Gasteiger partial charge in [0.05, 0.1) is 0 Å². The fourth-order valence-corrected chi connectivity index (χ4v) is 1.62. The summed E-state index contributed by atoms with van der Waals surface area (Å²) < 4.78 is 5.11. The summed E-state index contributed by atoms with van der Waals surface area (Å²) in [6, 6.07) is 7.09. The molecule has 5 nitrogen and oxygen atoms in total. The molecular weight excluding hydrogens is 230 g/mol. The van der Waals surface area contributed by atoms with Gasteiger partial charge in [-0.1, -0.05) is 23.7 Å². The average molecular weight is 240 g/mol. The predicted molar refractivity (Wildman–Crippen MR) is 60.0 cm³/mol. The minimum atomic E-state index is -0.546. The highest BCUT2D eigenvalue weighted by Crippen LogP contribution is 2.25. The molecule has 1 aromatic carbocycles. The maximum atomic E-state index is 11.2. The Balaban J connectivity index is 2.20.